The molecule has 2 saturated heterocycles. The van der Waals surface area contributed by atoms with Crippen LogP contribution in [0.5, 0.6) is 0 Å². The van der Waals surface area contributed by atoms with Crippen molar-refractivity contribution in [3.05, 3.63) is 82.9 Å². The first-order chi connectivity index (χ1) is 16.1. The normalized spacial score (nSPS) is 29.6. The summed E-state index contributed by atoms with van der Waals surface area (Å²) in [5.74, 6) is 0.735. The largest absolute Gasteiger partial charge is 0.324 e. The first kappa shape index (κ1) is 20.9. The molecule has 0 aromatic heterocycles. The van der Waals surface area contributed by atoms with Crippen molar-refractivity contribution in [3.63, 3.8) is 0 Å². The number of benzene rings is 2. The van der Waals surface area contributed by atoms with Gasteiger partial charge in [0.2, 0.25) is 0 Å². The van der Waals surface area contributed by atoms with E-state index < -0.39 is 0 Å². The number of ketones is 1. The zero-order valence-corrected chi connectivity index (χ0v) is 19.2. The van der Waals surface area contributed by atoms with Gasteiger partial charge in [0.05, 0.1) is 6.04 Å². The van der Waals surface area contributed by atoms with Crippen molar-refractivity contribution in [1.29, 1.82) is 0 Å². The molecule has 1 amide bonds. The highest BCUT2D eigenvalue weighted by molar-refractivity contribution is 6.02. The first-order valence-electron chi connectivity index (χ1n) is 12.5. The van der Waals surface area contributed by atoms with Crippen molar-refractivity contribution in [1.82, 2.24) is 9.80 Å². The molecule has 1 saturated carbocycles. The molecule has 4 aliphatic rings. The standard InChI is InChI=1S/C29H32N2O2/c1-19-7-12-27(28(32)13-19)31-18-23-14-21(8-11-26(23)29(31)33)22-15-24-9-10-25(16-22)30(24)17-20-5-3-2-4-6-20/h2-6,8,11,14,22,24-25,27H,1,7,9-10,12-13,15-18H2/t22?,24-,25+,27?. The van der Waals surface area contributed by atoms with Crippen LogP contribution < -0.4 is 0 Å². The lowest BCUT2D eigenvalue weighted by atomic mass is 9.84. The smallest absolute Gasteiger partial charge is 0.255 e. The van der Waals surface area contributed by atoms with Crippen molar-refractivity contribution in [2.45, 2.75) is 82.1 Å². The Bertz CT molecular complexity index is 1090. The van der Waals surface area contributed by atoms with Gasteiger partial charge in [0.25, 0.3) is 5.91 Å². The van der Waals surface area contributed by atoms with Crippen LogP contribution in [0.4, 0.5) is 0 Å². The minimum absolute atomic E-state index is 0.0279. The monoisotopic (exact) mass is 440 g/mol. The molecular weight excluding hydrogens is 408 g/mol. The number of hydrogen-bond acceptors (Lipinski definition) is 3. The molecule has 0 spiro atoms. The molecule has 2 bridgehead atoms. The van der Waals surface area contributed by atoms with E-state index in [0.717, 1.165) is 29.7 Å². The molecule has 6 rings (SSSR count). The van der Waals surface area contributed by atoms with Crippen LogP contribution in [0.25, 0.3) is 0 Å². The van der Waals surface area contributed by atoms with Gasteiger partial charge in [-0.3, -0.25) is 14.5 Å². The Kier molecular flexibility index (Phi) is 5.21. The highest BCUT2D eigenvalue weighted by Crippen LogP contribution is 2.44. The summed E-state index contributed by atoms with van der Waals surface area (Å²) in [6, 6.07) is 18.3. The summed E-state index contributed by atoms with van der Waals surface area (Å²) in [6.45, 7) is 5.59. The highest BCUT2D eigenvalue weighted by Gasteiger charge is 2.42. The third kappa shape index (κ3) is 3.74. The number of Topliss-reactive ketones (excluding diaryl/α,β-unsaturated/α-hetero) is 1. The van der Waals surface area contributed by atoms with Crippen LogP contribution >= 0.6 is 0 Å². The number of piperidine rings is 1. The molecule has 2 unspecified atom stereocenters. The van der Waals surface area contributed by atoms with Gasteiger partial charge in [0.1, 0.15) is 0 Å². The molecule has 4 atom stereocenters. The van der Waals surface area contributed by atoms with Gasteiger partial charge in [-0.05, 0) is 67.2 Å². The molecule has 1 aliphatic carbocycles. The van der Waals surface area contributed by atoms with Crippen molar-refractivity contribution < 1.29 is 9.59 Å². The Morgan fingerprint density at radius 2 is 1.70 bits per heavy atom. The number of hydrogen-bond donors (Lipinski definition) is 0. The van der Waals surface area contributed by atoms with E-state index in [0.29, 0.717) is 37.4 Å². The van der Waals surface area contributed by atoms with Crippen molar-refractivity contribution in [2.24, 2.45) is 0 Å². The maximum absolute atomic E-state index is 13.1. The first-order valence-corrected chi connectivity index (χ1v) is 12.5. The maximum atomic E-state index is 13.1. The summed E-state index contributed by atoms with van der Waals surface area (Å²) in [5.41, 5.74) is 5.68. The second-order valence-corrected chi connectivity index (χ2v) is 10.5. The van der Waals surface area contributed by atoms with Crippen molar-refractivity contribution in [2.75, 3.05) is 0 Å². The molecule has 2 aromatic rings. The number of amides is 1. The summed E-state index contributed by atoms with van der Waals surface area (Å²) in [7, 11) is 0. The second kappa shape index (κ2) is 8.25. The van der Waals surface area contributed by atoms with Crippen LogP contribution in [-0.2, 0) is 17.9 Å². The molecule has 3 fully saturated rings. The van der Waals surface area contributed by atoms with Gasteiger partial charge in [0.15, 0.2) is 5.78 Å². The van der Waals surface area contributed by atoms with Crippen molar-refractivity contribution >= 4 is 11.7 Å². The van der Waals surface area contributed by atoms with Crippen LogP contribution in [-0.4, -0.2) is 39.6 Å². The zero-order chi connectivity index (χ0) is 22.5. The predicted molar refractivity (Wildman–Crippen MR) is 129 cm³/mol. The van der Waals surface area contributed by atoms with Gasteiger partial charge in [0, 0.05) is 37.2 Å². The molecule has 4 nitrogen and oxygen atoms in total. The van der Waals surface area contributed by atoms with Crippen LogP contribution in [0.3, 0.4) is 0 Å². The lowest BCUT2D eigenvalue weighted by molar-refractivity contribution is -0.124. The molecule has 170 valence electrons. The van der Waals surface area contributed by atoms with Gasteiger partial charge < -0.3 is 4.90 Å². The Balaban J connectivity index is 1.17. The van der Waals surface area contributed by atoms with E-state index in [1.165, 1.54) is 36.8 Å². The van der Waals surface area contributed by atoms with E-state index in [-0.39, 0.29) is 17.7 Å². The van der Waals surface area contributed by atoms with Crippen LogP contribution in [0.1, 0.15) is 77.9 Å². The minimum Gasteiger partial charge on any atom is -0.324 e. The SMILES string of the molecule is C=C1CCC(N2Cc3cc(C4C[C@H]5CC[C@@H](C4)N5Cc4ccccc4)ccc3C2=O)C(=O)C1. The number of fused-ring (bicyclic) bond motifs is 3. The third-order valence-corrected chi connectivity index (χ3v) is 8.47. The molecule has 3 heterocycles. The van der Waals surface area contributed by atoms with Gasteiger partial charge in [-0.2, -0.15) is 0 Å². The van der Waals surface area contributed by atoms with E-state index >= 15 is 0 Å². The number of carbonyl (C=O) groups excluding carboxylic acids is 2. The summed E-state index contributed by atoms with van der Waals surface area (Å²) in [4.78, 5) is 30.2. The zero-order valence-electron chi connectivity index (χ0n) is 19.2. The Hall–Kier alpha value is -2.72. The molecule has 3 aliphatic heterocycles. The summed E-state index contributed by atoms with van der Waals surface area (Å²) in [6.07, 6.45) is 6.95. The predicted octanol–water partition coefficient (Wildman–Crippen LogP) is 5.23. The fourth-order valence-corrected chi connectivity index (χ4v) is 6.75. The van der Waals surface area contributed by atoms with Crippen LogP contribution in [0, 0.1) is 0 Å². The Labute approximate surface area is 196 Å². The topological polar surface area (TPSA) is 40.6 Å². The van der Waals surface area contributed by atoms with E-state index in [1.54, 1.807) is 0 Å². The average molecular weight is 441 g/mol. The van der Waals surface area contributed by atoms with E-state index in [9.17, 15) is 9.59 Å². The van der Waals surface area contributed by atoms with Gasteiger partial charge in [-0.15, -0.1) is 0 Å². The quantitative estimate of drug-likeness (QED) is 0.611. The molecule has 33 heavy (non-hydrogen) atoms. The summed E-state index contributed by atoms with van der Waals surface area (Å²) >= 11 is 0. The molecule has 2 aromatic carbocycles. The minimum atomic E-state index is -0.282. The van der Waals surface area contributed by atoms with Gasteiger partial charge in [-0.25, -0.2) is 0 Å². The molecule has 4 heteroatoms. The fraction of sp³-hybridized carbons (Fsp3) is 0.448. The molecule has 0 radical (unpaired) electrons. The van der Waals surface area contributed by atoms with E-state index in [4.69, 9.17) is 0 Å². The van der Waals surface area contributed by atoms with Gasteiger partial charge in [-0.1, -0.05) is 54.6 Å². The van der Waals surface area contributed by atoms with E-state index in [1.807, 2.05) is 11.0 Å². The maximum Gasteiger partial charge on any atom is 0.255 e. The lowest BCUT2D eigenvalue weighted by Crippen LogP contribution is -2.43. The van der Waals surface area contributed by atoms with Crippen molar-refractivity contribution in [3.8, 4) is 0 Å². The highest BCUT2D eigenvalue weighted by atomic mass is 16.2. The number of rotatable bonds is 4. The number of carbonyl (C=O) groups is 2. The van der Waals surface area contributed by atoms with Gasteiger partial charge >= 0.3 is 0 Å². The third-order valence-electron chi connectivity index (χ3n) is 8.47. The van der Waals surface area contributed by atoms with E-state index in [2.05, 4.69) is 53.9 Å². The fourth-order valence-electron chi connectivity index (χ4n) is 6.75. The summed E-state index contributed by atoms with van der Waals surface area (Å²) in [5, 5.41) is 0. The number of allylic oxidation sites excluding steroid dienone is 1. The second-order valence-electron chi connectivity index (χ2n) is 10.5. The number of nitrogens with zero attached hydrogens (tertiary/aromatic N) is 2. The van der Waals surface area contributed by atoms with Crippen LogP contribution in [0.15, 0.2) is 60.7 Å². The Morgan fingerprint density at radius 3 is 2.42 bits per heavy atom. The Morgan fingerprint density at radius 1 is 0.939 bits per heavy atom. The summed E-state index contributed by atoms with van der Waals surface area (Å²) < 4.78 is 0. The van der Waals surface area contributed by atoms with Crippen LogP contribution in [0.2, 0.25) is 0 Å². The molecule has 0 N–H and O–H groups in total. The molecular formula is C29H32N2O2. The average Bonchev–Trinajstić information content (AvgIpc) is 3.24. The lowest BCUT2D eigenvalue weighted by Gasteiger charge is -2.39.